The fraction of sp³-hybridized carbons (Fsp3) is 0.500. The van der Waals surface area contributed by atoms with Crippen LogP contribution in [0.25, 0.3) is 11.2 Å². The number of nitrogens with zero attached hydrogens (tertiary/aromatic N) is 7. The fourth-order valence-corrected chi connectivity index (χ4v) is 4.60. The minimum absolute atomic E-state index is 0.238. The van der Waals surface area contributed by atoms with E-state index in [-0.39, 0.29) is 5.92 Å². The molecule has 0 radical (unpaired) electrons. The van der Waals surface area contributed by atoms with Crippen molar-refractivity contribution in [1.82, 2.24) is 24.7 Å². The molecule has 0 aromatic carbocycles. The molecule has 5 heterocycles. The number of fused-ring (bicyclic) bond motifs is 2. The number of alkyl halides is 5. The molecule has 2 saturated heterocycles. The van der Waals surface area contributed by atoms with Gasteiger partial charge in [-0.2, -0.15) is 18.3 Å². The molecule has 0 bridgehead atoms. The Labute approximate surface area is 179 Å². The highest BCUT2D eigenvalue weighted by Crippen LogP contribution is 2.36. The summed E-state index contributed by atoms with van der Waals surface area (Å²) >= 11 is 0. The highest BCUT2D eigenvalue weighted by atomic mass is 19.4. The predicted octanol–water partition coefficient (Wildman–Crippen LogP) is 3.47. The largest absolute Gasteiger partial charge is 0.417 e. The Morgan fingerprint density at radius 2 is 1.78 bits per heavy atom. The summed E-state index contributed by atoms with van der Waals surface area (Å²) in [6.45, 7) is 2.11. The summed E-state index contributed by atoms with van der Waals surface area (Å²) in [5, 5.41) is 3.94. The van der Waals surface area contributed by atoms with Crippen LogP contribution >= 0.6 is 0 Å². The van der Waals surface area contributed by atoms with Gasteiger partial charge in [0, 0.05) is 32.4 Å². The average molecular weight is 453 g/mol. The molecule has 0 N–H and O–H groups in total. The Kier molecular flexibility index (Phi) is 5.09. The van der Waals surface area contributed by atoms with Gasteiger partial charge in [0.05, 0.1) is 29.8 Å². The maximum Gasteiger partial charge on any atom is 0.417 e. The maximum absolute atomic E-state index is 13.0. The summed E-state index contributed by atoms with van der Waals surface area (Å²) < 4.78 is 65.9. The van der Waals surface area contributed by atoms with E-state index in [1.807, 2.05) is 4.90 Å². The third-order valence-corrected chi connectivity index (χ3v) is 6.18. The van der Waals surface area contributed by atoms with Crippen LogP contribution < -0.4 is 9.80 Å². The molecule has 3 aromatic heterocycles. The molecule has 3 aromatic rings. The third-order valence-electron chi connectivity index (χ3n) is 6.18. The highest BCUT2D eigenvalue weighted by Gasteiger charge is 2.38. The zero-order chi connectivity index (χ0) is 22.5. The van der Waals surface area contributed by atoms with Gasteiger partial charge in [-0.25, -0.2) is 23.4 Å². The molecule has 12 heteroatoms. The lowest BCUT2D eigenvalue weighted by atomic mass is 9.88. The van der Waals surface area contributed by atoms with Crippen LogP contribution in [0.4, 0.5) is 33.5 Å². The van der Waals surface area contributed by atoms with Crippen LogP contribution in [0.15, 0.2) is 30.9 Å². The van der Waals surface area contributed by atoms with Crippen LogP contribution in [0, 0.1) is 11.8 Å². The van der Waals surface area contributed by atoms with Gasteiger partial charge in [-0.05, 0) is 24.3 Å². The van der Waals surface area contributed by atoms with Crippen molar-refractivity contribution >= 4 is 22.7 Å². The third kappa shape index (κ3) is 3.93. The SMILES string of the molecule is FC(F)Cn1ncc2ncc(N3CC4CCN(c5cncc(C(F)(F)F)c5)CC4C3)nc21. The lowest BCUT2D eigenvalue weighted by Gasteiger charge is -2.35. The molecule has 2 aliphatic rings. The number of rotatable bonds is 4. The van der Waals surface area contributed by atoms with Crippen LogP contribution in [0.3, 0.4) is 0 Å². The molecule has 170 valence electrons. The molecule has 2 aliphatic heterocycles. The topological polar surface area (TPSA) is 63.0 Å². The Hall–Kier alpha value is -3.05. The van der Waals surface area contributed by atoms with Crippen LogP contribution in [0.1, 0.15) is 12.0 Å². The first-order chi connectivity index (χ1) is 15.3. The molecule has 0 aliphatic carbocycles. The van der Waals surface area contributed by atoms with Crippen molar-refractivity contribution in [3.8, 4) is 0 Å². The maximum atomic E-state index is 13.0. The van der Waals surface area contributed by atoms with E-state index in [0.29, 0.717) is 48.2 Å². The summed E-state index contributed by atoms with van der Waals surface area (Å²) in [5.74, 6) is 1.20. The molecule has 2 fully saturated rings. The smallest absolute Gasteiger partial charge is 0.370 e. The quantitative estimate of drug-likeness (QED) is 0.564. The number of halogens is 5. The van der Waals surface area contributed by atoms with Gasteiger partial charge in [-0.3, -0.25) is 4.98 Å². The van der Waals surface area contributed by atoms with E-state index in [1.54, 1.807) is 6.20 Å². The normalized spacial score (nSPS) is 21.6. The van der Waals surface area contributed by atoms with Crippen LogP contribution in [-0.2, 0) is 12.7 Å². The minimum atomic E-state index is -4.43. The lowest BCUT2D eigenvalue weighted by molar-refractivity contribution is -0.137. The van der Waals surface area contributed by atoms with Crippen molar-refractivity contribution in [2.75, 3.05) is 36.0 Å². The van der Waals surface area contributed by atoms with Gasteiger partial charge in [0.25, 0.3) is 6.43 Å². The second kappa shape index (κ2) is 7.82. The molecule has 7 nitrogen and oxygen atoms in total. The summed E-state index contributed by atoms with van der Waals surface area (Å²) in [7, 11) is 0. The Bertz CT molecular complexity index is 1120. The molecule has 2 atom stereocenters. The molecule has 32 heavy (non-hydrogen) atoms. The monoisotopic (exact) mass is 453 g/mol. The van der Waals surface area contributed by atoms with Gasteiger partial charge < -0.3 is 9.80 Å². The van der Waals surface area contributed by atoms with Crippen LogP contribution in [-0.4, -0.2) is 57.3 Å². The molecular weight excluding hydrogens is 433 g/mol. The van der Waals surface area contributed by atoms with Crippen molar-refractivity contribution in [1.29, 1.82) is 0 Å². The van der Waals surface area contributed by atoms with E-state index in [2.05, 4.69) is 25.0 Å². The average Bonchev–Trinajstić information content (AvgIpc) is 3.36. The number of hydrogen-bond donors (Lipinski definition) is 0. The zero-order valence-corrected chi connectivity index (χ0v) is 16.9. The minimum Gasteiger partial charge on any atom is -0.370 e. The van der Waals surface area contributed by atoms with Crippen molar-refractivity contribution in [3.63, 3.8) is 0 Å². The molecular formula is C20H20F5N7. The van der Waals surface area contributed by atoms with Crippen molar-refractivity contribution in [2.24, 2.45) is 11.8 Å². The number of pyridine rings is 1. The van der Waals surface area contributed by atoms with E-state index in [9.17, 15) is 22.0 Å². The molecule has 0 saturated carbocycles. The van der Waals surface area contributed by atoms with E-state index < -0.39 is 24.7 Å². The van der Waals surface area contributed by atoms with Gasteiger partial charge in [0.1, 0.15) is 17.9 Å². The van der Waals surface area contributed by atoms with E-state index >= 15 is 0 Å². The standard InChI is InChI=1S/C20H20F5N7/c21-17(22)11-32-19-16(6-28-32)27-7-18(29-19)31-8-12-1-2-30(9-13(12)10-31)15-3-14(4-26-5-15)20(23,24)25/h3-7,12-13,17H,1-2,8-11H2. The van der Waals surface area contributed by atoms with Gasteiger partial charge >= 0.3 is 6.18 Å². The van der Waals surface area contributed by atoms with Crippen molar-refractivity contribution < 1.29 is 22.0 Å². The summed E-state index contributed by atoms with van der Waals surface area (Å²) in [4.78, 5) is 16.6. The summed E-state index contributed by atoms with van der Waals surface area (Å²) in [6, 6.07) is 1.14. The molecule has 0 spiro atoms. The number of anilines is 2. The lowest BCUT2D eigenvalue weighted by Crippen LogP contribution is -2.40. The summed E-state index contributed by atoms with van der Waals surface area (Å²) in [5.41, 5.74) is 0.478. The number of piperidine rings is 1. The Balaban J connectivity index is 1.32. The first-order valence-corrected chi connectivity index (χ1v) is 10.3. The Morgan fingerprint density at radius 3 is 2.56 bits per heavy atom. The van der Waals surface area contributed by atoms with Gasteiger partial charge in [0.15, 0.2) is 5.65 Å². The number of aromatic nitrogens is 5. The molecule has 0 amide bonds. The van der Waals surface area contributed by atoms with E-state index in [4.69, 9.17) is 0 Å². The van der Waals surface area contributed by atoms with Crippen LogP contribution in [0.5, 0.6) is 0 Å². The summed E-state index contributed by atoms with van der Waals surface area (Å²) in [6.07, 6.45) is -0.820. The van der Waals surface area contributed by atoms with Crippen LogP contribution in [0.2, 0.25) is 0 Å². The highest BCUT2D eigenvalue weighted by molar-refractivity contribution is 5.71. The van der Waals surface area contributed by atoms with Gasteiger partial charge in [-0.1, -0.05) is 0 Å². The first-order valence-electron chi connectivity index (χ1n) is 10.3. The van der Waals surface area contributed by atoms with E-state index in [1.165, 1.54) is 12.4 Å². The molecule has 5 rings (SSSR count). The fourth-order valence-electron chi connectivity index (χ4n) is 4.60. The number of hydrogen-bond acceptors (Lipinski definition) is 6. The Morgan fingerprint density at radius 1 is 1.00 bits per heavy atom. The second-order valence-electron chi connectivity index (χ2n) is 8.24. The van der Waals surface area contributed by atoms with E-state index in [0.717, 1.165) is 29.9 Å². The van der Waals surface area contributed by atoms with Crippen molar-refractivity contribution in [2.45, 2.75) is 25.6 Å². The van der Waals surface area contributed by atoms with Gasteiger partial charge in [-0.15, -0.1) is 0 Å². The molecule has 2 unspecified atom stereocenters. The zero-order valence-electron chi connectivity index (χ0n) is 16.9. The first kappa shape index (κ1) is 20.8. The second-order valence-corrected chi connectivity index (χ2v) is 8.24. The van der Waals surface area contributed by atoms with Crippen molar-refractivity contribution in [3.05, 3.63) is 36.4 Å². The predicted molar refractivity (Wildman–Crippen MR) is 107 cm³/mol. The van der Waals surface area contributed by atoms with Gasteiger partial charge in [0.2, 0.25) is 0 Å².